The Hall–Kier alpha value is -2.11. The molecule has 1 atom stereocenters. The number of hydrazine groups is 1. The Balaban J connectivity index is 2.13. The van der Waals surface area contributed by atoms with Crippen molar-refractivity contribution in [2.45, 2.75) is 6.04 Å². The number of rotatable bonds is 3. The van der Waals surface area contributed by atoms with Crippen LogP contribution in [0.2, 0.25) is 0 Å². The lowest BCUT2D eigenvalue weighted by Gasteiger charge is -2.11. The van der Waals surface area contributed by atoms with Crippen molar-refractivity contribution in [3.63, 3.8) is 0 Å². The molecule has 0 bridgehead atoms. The zero-order valence-corrected chi connectivity index (χ0v) is 9.08. The van der Waals surface area contributed by atoms with Gasteiger partial charge in [-0.3, -0.25) is 5.84 Å². The van der Waals surface area contributed by atoms with Crippen LogP contribution in [0.4, 0.5) is 0 Å². The van der Waals surface area contributed by atoms with Crippen molar-refractivity contribution in [2.75, 3.05) is 0 Å². The molecule has 5 nitrogen and oxygen atoms in total. The predicted octanol–water partition coefficient (Wildman–Crippen LogP) is 1.48. The first kappa shape index (κ1) is 10.1. The first-order valence-electron chi connectivity index (χ1n) is 5.32. The lowest BCUT2D eigenvalue weighted by Crippen LogP contribution is -2.28. The van der Waals surface area contributed by atoms with E-state index in [-0.39, 0.29) is 6.04 Å². The van der Waals surface area contributed by atoms with Gasteiger partial charge in [0.15, 0.2) is 0 Å². The fraction of sp³-hybridized carbons (Fsp3) is 0.0833. The molecule has 3 heterocycles. The molecule has 3 rings (SSSR count). The predicted molar refractivity (Wildman–Crippen MR) is 63.1 cm³/mol. The second-order valence-electron chi connectivity index (χ2n) is 3.75. The van der Waals surface area contributed by atoms with Gasteiger partial charge in [-0.1, -0.05) is 6.07 Å². The standard InChI is InChI=1S/C12H12N4O/c13-15-12(11-5-3-7-17-11)9-8-14-16-6-2-1-4-10(9)16/h1-8,12,15H,13H2. The van der Waals surface area contributed by atoms with Crippen LogP contribution < -0.4 is 11.3 Å². The quantitative estimate of drug-likeness (QED) is 0.526. The minimum absolute atomic E-state index is 0.190. The second-order valence-corrected chi connectivity index (χ2v) is 3.75. The van der Waals surface area contributed by atoms with Gasteiger partial charge in [0.1, 0.15) is 11.8 Å². The van der Waals surface area contributed by atoms with Crippen LogP contribution in [0.3, 0.4) is 0 Å². The molecule has 5 heteroatoms. The Labute approximate surface area is 97.8 Å². The van der Waals surface area contributed by atoms with Gasteiger partial charge in [-0.25, -0.2) is 9.94 Å². The number of aromatic nitrogens is 2. The van der Waals surface area contributed by atoms with E-state index in [1.807, 2.05) is 41.0 Å². The Morgan fingerprint density at radius 1 is 1.29 bits per heavy atom. The molecular weight excluding hydrogens is 216 g/mol. The fourth-order valence-electron chi connectivity index (χ4n) is 1.96. The molecule has 0 aliphatic rings. The second kappa shape index (κ2) is 4.04. The van der Waals surface area contributed by atoms with Gasteiger partial charge in [-0.05, 0) is 24.3 Å². The number of fused-ring (bicyclic) bond motifs is 1. The zero-order chi connectivity index (χ0) is 11.7. The number of hydrogen-bond acceptors (Lipinski definition) is 4. The first-order chi connectivity index (χ1) is 8.40. The molecule has 1 unspecified atom stereocenters. The van der Waals surface area contributed by atoms with Crippen molar-refractivity contribution in [3.8, 4) is 0 Å². The zero-order valence-electron chi connectivity index (χ0n) is 9.08. The summed E-state index contributed by atoms with van der Waals surface area (Å²) in [5, 5.41) is 4.28. The van der Waals surface area contributed by atoms with Crippen LogP contribution in [0.15, 0.2) is 53.4 Å². The molecule has 17 heavy (non-hydrogen) atoms. The van der Waals surface area contributed by atoms with E-state index in [1.54, 1.807) is 12.5 Å². The van der Waals surface area contributed by atoms with Crippen LogP contribution in [0.1, 0.15) is 17.4 Å². The summed E-state index contributed by atoms with van der Waals surface area (Å²) in [6.07, 6.45) is 5.32. The van der Waals surface area contributed by atoms with Gasteiger partial charge in [0, 0.05) is 11.8 Å². The summed E-state index contributed by atoms with van der Waals surface area (Å²) in [6.45, 7) is 0. The van der Waals surface area contributed by atoms with Crippen LogP contribution in [0, 0.1) is 0 Å². The van der Waals surface area contributed by atoms with Gasteiger partial charge in [-0.2, -0.15) is 5.10 Å². The average molecular weight is 228 g/mol. The minimum Gasteiger partial charge on any atom is -0.467 e. The maximum atomic E-state index is 5.60. The van der Waals surface area contributed by atoms with Gasteiger partial charge in [0.05, 0.1) is 18.0 Å². The molecule has 0 aliphatic heterocycles. The Kier molecular flexibility index (Phi) is 2.40. The number of pyridine rings is 1. The molecule has 86 valence electrons. The molecule has 3 aromatic rings. The molecule has 0 aromatic carbocycles. The summed E-state index contributed by atoms with van der Waals surface area (Å²) in [5.41, 5.74) is 4.75. The van der Waals surface area contributed by atoms with Gasteiger partial charge in [0.2, 0.25) is 0 Å². The molecule has 0 fully saturated rings. The largest absolute Gasteiger partial charge is 0.467 e. The van der Waals surface area contributed by atoms with Crippen LogP contribution in [-0.2, 0) is 0 Å². The topological polar surface area (TPSA) is 68.5 Å². The molecule has 0 spiro atoms. The number of hydrogen-bond donors (Lipinski definition) is 2. The van der Waals surface area contributed by atoms with Gasteiger partial charge in [-0.15, -0.1) is 0 Å². The van der Waals surface area contributed by atoms with Crippen LogP contribution in [-0.4, -0.2) is 9.61 Å². The third kappa shape index (κ3) is 1.61. The molecule has 0 aliphatic carbocycles. The highest BCUT2D eigenvalue weighted by molar-refractivity contribution is 5.56. The van der Waals surface area contributed by atoms with E-state index in [4.69, 9.17) is 10.3 Å². The monoisotopic (exact) mass is 228 g/mol. The summed E-state index contributed by atoms with van der Waals surface area (Å²) in [4.78, 5) is 0. The van der Waals surface area contributed by atoms with E-state index in [0.29, 0.717) is 0 Å². The number of furan rings is 1. The van der Waals surface area contributed by atoms with E-state index in [0.717, 1.165) is 16.8 Å². The smallest absolute Gasteiger partial charge is 0.126 e. The molecule has 0 amide bonds. The lowest BCUT2D eigenvalue weighted by atomic mass is 10.1. The number of nitrogens with one attached hydrogen (secondary N) is 1. The van der Waals surface area contributed by atoms with E-state index in [1.165, 1.54) is 0 Å². The third-order valence-electron chi connectivity index (χ3n) is 2.76. The van der Waals surface area contributed by atoms with E-state index < -0.39 is 0 Å². The summed E-state index contributed by atoms with van der Waals surface area (Å²) in [7, 11) is 0. The van der Waals surface area contributed by atoms with Crippen molar-refractivity contribution >= 4 is 5.52 Å². The number of nitrogens with zero attached hydrogens (tertiary/aromatic N) is 2. The molecule has 3 N–H and O–H groups in total. The normalized spacial score (nSPS) is 13.0. The Morgan fingerprint density at radius 2 is 2.24 bits per heavy atom. The highest BCUT2D eigenvalue weighted by Crippen LogP contribution is 2.25. The average Bonchev–Trinajstić information content (AvgIpc) is 3.01. The highest BCUT2D eigenvalue weighted by Gasteiger charge is 2.19. The van der Waals surface area contributed by atoms with E-state index in [9.17, 15) is 0 Å². The Morgan fingerprint density at radius 3 is 3.00 bits per heavy atom. The molecule has 0 saturated heterocycles. The molecule has 3 aromatic heterocycles. The third-order valence-corrected chi connectivity index (χ3v) is 2.76. The minimum atomic E-state index is -0.190. The van der Waals surface area contributed by atoms with Crippen molar-refractivity contribution in [3.05, 3.63) is 60.3 Å². The summed E-state index contributed by atoms with van der Waals surface area (Å²) >= 11 is 0. The molecular formula is C12H12N4O. The maximum Gasteiger partial charge on any atom is 0.126 e. The first-order valence-corrected chi connectivity index (χ1v) is 5.32. The summed E-state index contributed by atoms with van der Waals surface area (Å²) in [5.74, 6) is 6.37. The summed E-state index contributed by atoms with van der Waals surface area (Å²) < 4.78 is 7.19. The van der Waals surface area contributed by atoms with Crippen molar-refractivity contribution in [1.29, 1.82) is 0 Å². The summed E-state index contributed by atoms with van der Waals surface area (Å²) in [6, 6.07) is 9.43. The SMILES string of the molecule is NNC(c1ccco1)c1cnn2ccccc12. The van der Waals surface area contributed by atoms with Gasteiger partial charge in [0.25, 0.3) is 0 Å². The van der Waals surface area contributed by atoms with Gasteiger partial charge < -0.3 is 4.42 Å². The number of nitrogens with two attached hydrogens (primary N) is 1. The molecule has 0 saturated carbocycles. The Bertz CT molecular complexity index is 614. The fourth-order valence-corrected chi connectivity index (χ4v) is 1.96. The van der Waals surface area contributed by atoms with Crippen molar-refractivity contribution < 1.29 is 4.42 Å². The van der Waals surface area contributed by atoms with E-state index >= 15 is 0 Å². The lowest BCUT2D eigenvalue weighted by molar-refractivity contribution is 0.453. The van der Waals surface area contributed by atoms with E-state index in [2.05, 4.69) is 10.5 Å². The van der Waals surface area contributed by atoms with Crippen molar-refractivity contribution in [2.24, 2.45) is 5.84 Å². The van der Waals surface area contributed by atoms with Crippen LogP contribution in [0.5, 0.6) is 0 Å². The maximum absolute atomic E-state index is 5.60. The van der Waals surface area contributed by atoms with Crippen molar-refractivity contribution in [1.82, 2.24) is 15.0 Å². The molecule has 0 radical (unpaired) electrons. The highest BCUT2D eigenvalue weighted by atomic mass is 16.3. The van der Waals surface area contributed by atoms with Crippen LogP contribution in [0.25, 0.3) is 5.52 Å². The van der Waals surface area contributed by atoms with Gasteiger partial charge >= 0.3 is 0 Å². The van der Waals surface area contributed by atoms with Crippen LogP contribution >= 0.6 is 0 Å².